The van der Waals surface area contributed by atoms with Gasteiger partial charge in [-0.3, -0.25) is 19.3 Å². The lowest BCUT2D eigenvalue weighted by molar-refractivity contribution is -0.123. The Hall–Kier alpha value is -3.96. The van der Waals surface area contributed by atoms with Crippen molar-refractivity contribution in [3.63, 3.8) is 0 Å². The number of aromatic nitrogens is 1. The minimum atomic E-state index is -1.05. The van der Waals surface area contributed by atoms with Gasteiger partial charge in [0.25, 0.3) is 11.8 Å². The molecule has 0 bridgehead atoms. The van der Waals surface area contributed by atoms with E-state index in [1.807, 2.05) is 75.3 Å². The van der Waals surface area contributed by atoms with E-state index in [2.05, 4.69) is 9.69 Å². The molecular weight excluding hydrogens is 516 g/mol. The molecule has 0 unspecified atom stereocenters. The lowest BCUT2D eigenvalue weighted by Gasteiger charge is -2.33. The van der Waals surface area contributed by atoms with E-state index < -0.39 is 17.9 Å². The molecule has 39 heavy (non-hydrogen) atoms. The number of primary amides is 1. The average Bonchev–Trinajstić information content (AvgIpc) is 3.57. The summed E-state index contributed by atoms with van der Waals surface area (Å²) in [6.07, 6.45) is 1.72. The Morgan fingerprint density at radius 3 is 2.46 bits per heavy atom. The third-order valence-corrected chi connectivity index (χ3v) is 7.61. The standard InChI is InChI=1S/C28H34N6O4S/c1-16-7-8-17(2)21(14-16)34(28(37)25-22(29)23(26(30)35)32-39-25)24(18-9-11-19(12-10-18)33(3)4)27(36)31-15-20-6-5-13-38-20/h7-12,14,20,24H,5-6,13,15,29H2,1-4H3,(H2,30,35)(H,31,36)/t20-,24-/m1/s1. The highest BCUT2D eigenvalue weighted by molar-refractivity contribution is 7.09. The summed E-state index contributed by atoms with van der Waals surface area (Å²) in [7, 11) is 3.85. The minimum absolute atomic E-state index is 0.0338. The summed E-state index contributed by atoms with van der Waals surface area (Å²) in [5, 5.41) is 3.00. The summed E-state index contributed by atoms with van der Waals surface area (Å²) in [5.74, 6) is -1.75. The molecule has 3 amide bonds. The van der Waals surface area contributed by atoms with Crippen molar-refractivity contribution in [1.82, 2.24) is 9.69 Å². The Balaban J connectivity index is 1.86. The number of anilines is 3. The fourth-order valence-electron chi connectivity index (χ4n) is 4.57. The van der Waals surface area contributed by atoms with Gasteiger partial charge in [0.15, 0.2) is 5.69 Å². The number of carbonyl (C=O) groups is 3. The number of carbonyl (C=O) groups excluding carboxylic acids is 3. The third kappa shape index (κ3) is 6.04. The smallest absolute Gasteiger partial charge is 0.273 e. The van der Waals surface area contributed by atoms with Crippen LogP contribution in [0.25, 0.3) is 0 Å². The third-order valence-electron chi connectivity index (χ3n) is 6.76. The fourth-order valence-corrected chi connectivity index (χ4v) is 5.31. The molecule has 1 saturated heterocycles. The van der Waals surface area contributed by atoms with Gasteiger partial charge in [0.2, 0.25) is 5.91 Å². The monoisotopic (exact) mass is 550 g/mol. The zero-order valence-corrected chi connectivity index (χ0v) is 23.4. The van der Waals surface area contributed by atoms with Crippen LogP contribution in [0.1, 0.15) is 55.7 Å². The number of nitrogens with zero attached hydrogens (tertiary/aromatic N) is 3. The van der Waals surface area contributed by atoms with Gasteiger partial charge in [-0.05, 0) is 73.1 Å². The molecule has 11 heteroatoms. The van der Waals surface area contributed by atoms with Crippen molar-refractivity contribution < 1.29 is 19.1 Å². The highest BCUT2D eigenvalue weighted by atomic mass is 32.1. The van der Waals surface area contributed by atoms with E-state index in [1.54, 1.807) is 0 Å². The Morgan fingerprint density at radius 1 is 1.15 bits per heavy atom. The van der Waals surface area contributed by atoms with E-state index in [1.165, 1.54) is 4.90 Å². The molecule has 1 aliphatic heterocycles. The zero-order valence-electron chi connectivity index (χ0n) is 22.6. The molecule has 0 saturated carbocycles. The second kappa shape index (κ2) is 11.8. The number of nitrogen functional groups attached to an aromatic ring is 1. The molecule has 2 heterocycles. The summed E-state index contributed by atoms with van der Waals surface area (Å²) >= 11 is 0.785. The first-order valence-corrected chi connectivity index (χ1v) is 13.5. The number of rotatable bonds is 9. The molecular formula is C28H34N6O4S. The van der Waals surface area contributed by atoms with Gasteiger partial charge in [0.05, 0.1) is 11.8 Å². The molecule has 2 atom stereocenters. The number of amides is 3. The summed E-state index contributed by atoms with van der Waals surface area (Å²) in [5.41, 5.74) is 15.1. The highest BCUT2D eigenvalue weighted by Crippen LogP contribution is 2.36. The van der Waals surface area contributed by atoms with Crippen LogP contribution < -0.4 is 26.6 Å². The number of ether oxygens (including phenoxy) is 1. The molecule has 1 aliphatic rings. The van der Waals surface area contributed by atoms with Gasteiger partial charge in [-0.15, -0.1) is 0 Å². The van der Waals surface area contributed by atoms with E-state index in [4.69, 9.17) is 16.2 Å². The largest absolute Gasteiger partial charge is 0.395 e. The first-order chi connectivity index (χ1) is 18.6. The van der Waals surface area contributed by atoms with Gasteiger partial charge in [-0.1, -0.05) is 24.3 Å². The lowest BCUT2D eigenvalue weighted by atomic mass is 10.00. The number of nitrogens with two attached hydrogens (primary N) is 2. The molecule has 1 fully saturated rings. The number of aryl methyl sites for hydroxylation is 2. The molecule has 1 aromatic heterocycles. The van der Waals surface area contributed by atoms with E-state index in [0.29, 0.717) is 24.4 Å². The summed E-state index contributed by atoms with van der Waals surface area (Å²) < 4.78 is 9.72. The van der Waals surface area contributed by atoms with E-state index in [9.17, 15) is 14.4 Å². The van der Waals surface area contributed by atoms with Gasteiger partial charge in [0, 0.05) is 38.6 Å². The predicted octanol–water partition coefficient (Wildman–Crippen LogP) is 3.19. The Labute approximate surface area is 232 Å². The van der Waals surface area contributed by atoms with E-state index >= 15 is 0 Å². The van der Waals surface area contributed by atoms with Crippen LogP contribution in [0.3, 0.4) is 0 Å². The molecule has 2 aromatic carbocycles. The highest BCUT2D eigenvalue weighted by Gasteiger charge is 2.37. The van der Waals surface area contributed by atoms with E-state index in [-0.39, 0.29) is 28.3 Å². The molecule has 0 spiro atoms. The topological polar surface area (TPSA) is 144 Å². The summed E-state index contributed by atoms with van der Waals surface area (Å²) in [6, 6.07) is 12.1. The average molecular weight is 551 g/mol. The number of nitrogens with one attached hydrogen (secondary N) is 1. The SMILES string of the molecule is Cc1ccc(C)c(N(C(=O)c2snc(C(N)=O)c2N)[C@@H](C(=O)NC[C@H]2CCCO2)c2ccc(N(C)C)cc2)c1. The Bertz CT molecular complexity index is 1360. The molecule has 5 N–H and O–H groups in total. The second-order valence-electron chi connectivity index (χ2n) is 9.87. The van der Waals surface area contributed by atoms with Crippen molar-refractivity contribution in [2.75, 3.05) is 42.8 Å². The first kappa shape index (κ1) is 28.1. The van der Waals surface area contributed by atoms with Crippen LogP contribution in [0.5, 0.6) is 0 Å². The maximum atomic E-state index is 14.3. The Morgan fingerprint density at radius 2 is 1.87 bits per heavy atom. The molecule has 4 rings (SSSR count). The minimum Gasteiger partial charge on any atom is -0.395 e. The van der Waals surface area contributed by atoms with Crippen LogP contribution in [0.2, 0.25) is 0 Å². The van der Waals surface area contributed by atoms with Gasteiger partial charge < -0.3 is 26.4 Å². The van der Waals surface area contributed by atoms with Gasteiger partial charge in [0.1, 0.15) is 10.9 Å². The van der Waals surface area contributed by atoms with E-state index in [0.717, 1.165) is 41.2 Å². The van der Waals surface area contributed by atoms with Gasteiger partial charge in [-0.25, -0.2) is 0 Å². The van der Waals surface area contributed by atoms with Crippen molar-refractivity contribution >= 4 is 46.3 Å². The molecule has 0 aliphatic carbocycles. The zero-order chi connectivity index (χ0) is 28.3. The predicted molar refractivity (Wildman–Crippen MR) is 153 cm³/mol. The Kier molecular flexibility index (Phi) is 8.51. The van der Waals surface area contributed by atoms with Gasteiger partial charge >= 0.3 is 0 Å². The molecule has 206 valence electrons. The van der Waals surface area contributed by atoms with Gasteiger partial charge in [-0.2, -0.15) is 4.37 Å². The van der Waals surface area contributed by atoms with Crippen LogP contribution in [0, 0.1) is 13.8 Å². The summed E-state index contributed by atoms with van der Waals surface area (Å²) in [4.78, 5) is 43.5. The van der Waals surface area contributed by atoms with Crippen molar-refractivity contribution in [3.05, 3.63) is 69.7 Å². The van der Waals surface area contributed by atoms with Crippen molar-refractivity contribution in [2.24, 2.45) is 5.73 Å². The van der Waals surface area contributed by atoms with Crippen LogP contribution in [-0.4, -0.2) is 55.4 Å². The van der Waals surface area contributed by atoms with Crippen LogP contribution in [0.15, 0.2) is 42.5 Å². The number of benzene rings is 2. The van der Waals surface area contributed by atoms with Crippen molar-refractivity contribution in [1.29, 1.82) is 0 Å². The molecule has 10 nitrogen and oxygen atoms in total. The number of hydrogen-bond donors (Lipinski definition) is 3. The molecule has 3 aromatic rings. The quantitative estimate of drug-likeness (QED) is 0.371. The summed E-state index contributed by atoms with van der Waals surface area (Å²) in [6.45, 7) is 4.77. The van der Waals surface area contributed by atoms with Crippen molar-refractivity contribution in [3.8, 4) is 0 Å². The van der Waals surface area contributed by atoms with Crippen LogP contribution >= 0.6 is 11.5 Å². The second-order valence-corrected chi connectivity index (χ2v) is 10.6. The van der Waals surface area contributed by atoms with Crippen LogP contribution in [-0.2, 0) is 9.53 Å². The lowest BCUT2D eigenvalue weighted by Crippen LogP contribution is -2.46. The molecule has 0 radical (unpaired) electrons. The maximum absolute atomic E-state index is 14.3. The van der Waals surface area contributed by atoms with Crippen LogP contribution in [0.4, 0.5) is 17.1 Å². The number of hydrogen-bond acceptors (Lipinski definition) is 8. The fraction of sp³-hybridized carbons (Fsp3) is 0.357. The maximum Gasteiger partial charge on any atom is 0.273 e. The van der Waals surface area contributed by atoms with Crippen molar-refractivity contribution in [2.45, 2.75) is 38.8 Å². The normalized spacial score (nSPS) is 15.5. The first-order valence-electron chi connectivity index (χ1n) is 12.7.